The van der Waals surface area contributed by atoms with E-state index < -0.39 is 5.60 Å². The summed E-state index contributed by atoms with van der Waals surface area (Å²) in [6, 6.07) is 19.7. The largest absolute Gasteiger partial charge is 0.378 e. The Labute approximate surface area is 155 Å². The van der Waals surface area contributed by atoms with Crippen LogP contribution in [-0.2, 0) is 5.60 Å². The molecule has 0 spiro atoms. The number of pyridine rings is 1. The van der Waals surface area contributed by atoms with Gasteiger partial charge in [0.05, 0.1) is 0 Å². The number of hydrogen-bond acceptors (Lipinski definition) is 4. The van der Waals surface area contributed by atoms with Crippen molar-refractivity contribution in [2.24, 2.45) is 0 Å². The van der Waals surface area contributed by atoms with Gasteiger partial charge in [-0.25, -0.2) is 0 Å². The third-order valence-corrected chi connectivity index (χ3v) is 4.70. The van der Waals surface area contributed by atoms with Gasteiger partial charge in [0.2, 0.25) is 0 Å². The van der Waals surface area contributed by atoms with Gasteiger partial charge < -0.3 is 14.9 Å². The Balaban J connectivity index is 2.14. The molecule has 0 bridgehead atoms. The third kappa shape index (κ3) is 3.28. The van der Waals surface area contributed by atoms with Crippen molar-refractivity contribution < 1.29 is 5.11 Å². The van der Waals surface area contributed by atoms with E-state index >= 15 is 0 Å². The molecule has 1 aromatic heterocycles. The molecule has 0 fully saturated rings. The SMILES string of the molecule is CN(C)c1ccc(C(O)(c2ccncc2)c2ccc(N(C)C)cc2)cc1. The first-order valence-electron chi connectivity index (χ1n) is 8.61. The molecule has 0 radical (unpaired) electrons. The van der Waals surface area contributed by atoms with Crippen molar-refractivity contribution in [3.63, 3.8) is 0 Å². The van der Waals surface area contributed by atoms with Gasteiger partial charge in [0, 0.05) is 52.0 Å². The minimum Gasteiger partial charge on any atom is -0.378 e. The Morgan fingerprint density at radius 2 is 0.962 bits per heavy atom. The van der Waals surface area contributed by atoms with Gasteiger partial charge in [-0.2, -0.15) is 0 Å². The summed E-state index contributed by atoms with van der Waals surface area (Å²) in [6.45, 7) is 0. The van der Waals surface area contributed by atoms with Crippen LogP contribution in [0.5, 0.6) is 0 Å². The second kappa shape index (κ2) is 7.18. The van der Waals surface area contributed by atoms with E-state index in [-0.39, 0.29) is 0 Å². The first kappa shape index (κ1) is 18.0. The average molecular weight is 347 g/mol. The second-order valence-corrected chi connectivity index (χ2v) is 6.83. The third-order valence-electron chi connectivity index (χ3n) is 4.70. The molecule has 3 aromatic rings. The summed E-state index contributed by atoms with van der Waals surface area (Å²) < 4.78 is 0. The molecule has 4 heteroatoms. The van der Waals surface area contributed by atoms with Crippen LogP contribution >= 0.6 is 0 Å². The molecule has 4 nitrogen and oxygen atoms in total. The molecule has 26 heavy (non-hydrogen) atoms. The molecule has 0 saturated carbocycles. The molecule has 0 aliphatic heterocycles. The summed E-state index contributed by atoms with van der Waals surface area (Å²) >= 11 is 0. The predicted molar refractivity (Wildman–Crippen MR) is 108 cm³/mol. The van der Waals surface area contributed by atoms with Gasteiger partial charge in [-0.05, 0) is 53.1 Å². The van der Waals surface area contributed by atoms with E-state index in [9.17, 15) is 5.11 Å². The van der Waals surface area contributed by atoms with Crippen LogP contribution in [0.1, 0.15) is 16.7 Å². The number of rotatable bonds is 5. The van der Waals surface area contributed by atoms with Crippen molar-refractivity contribution in [3.05, 3.63) is 89.7 Å². The summed E-state index contributed by atoms with van der Waals surface area (Å²) in [5, 5.41) is 11.8. The zero-order valence-corrected chi connectivity index (χ0v) is 15.7. The van der Waals surface area contributed by atoms with Gasteiger partial charge >= 0.3 is 0 Å². The number of aromatic nitrogens is 1. The molecule has 0 saturated heterocycles. The van der Waals surface area contributed by atoms with Gasteiger partial charge in [-0.15, -0.1) is 0 Å². The van der Waals surface area contributed by atoms with Crippen LogP contribution in [0.2, 0.25) is 0 Å². The number of anilines is 2. The van der Waals surface area contributed by atoms with E-state index in [1.807, 2.05) is 98.7 Å². The van der Waals surface area contributed by atoms with Gasteiger partial charge in [0.25, 0.3) is 0 Å². The molecule has 0 unspecified atom stereocenters. The highest BCUT2D eigenvalue weighted by Gasteiger charge is 2.33. The van der Waals surface area contributed by atoms with Crippen LogP contribution in [0.25, 0.3) is 0 Å². The fourth-order valence-electron chi connectivity index (χ4n) is 3.09. The van der Waals surface area contributed by atoms with Crippen LogP contribution in [0.15, 0.2) is 73.1 Å². The zero-order chi connectivity index (χ0) is 18.7. The first-order valence-corrected chi connectivity index (χ1v) is 8.61. The summed E-state index contributed by atoms with van der Waals surface area (Å²) in [7, 11) is 8.02. The maximum Gasteiger partial charge on any atom is 0.140 e. The Kier molecular flexibility index (Phi) is 4.96. The number of aliphatic hydroxyl groups is 1. The van der Waals surface area contributed by atoms with Crippen molar-refractivity contribution in [1.29, 1.82) is 0 Å². The van der Waals surface area contributed by atoms with E-state index in [2.05, 4.69) is 4.98 Å². The zero-order valence-electron chi connectivity index (χ0n) is 15.7. The Morgan fingerprint density at radius 3 is 1.31 bits per heavy atom. The van der Waals surface area contributed by atoms with Gasteiger partial charge in [0.15, 0.2) is 0 Å². The van der Waals surface area contributed by atoms with E-state index in [0.29, 0.717) is 0 Å². The fraction of sp³-hybridized carbons (Fsp3) is 0.227. The lowest BCUT2D eigenvalue weighted by Crippen LogP contribution is -2.29. The summed E-state index contributed by atoms with van der Waals surface area (Å²) in [5.41, 5.74) is 3.39. The van der Waals surface area contributed by atoms with Crippen molar-refractivity contribution in [3.8, 4) is 0 Å². The maximum absolute atomic E-state index is 11.8. The summed E-state index contributed by atoms with van der Waals surface area (Å²) in [4.78, 5) is 8.18. The maximum atomic E-state index is 11.8. The quantitative estimate of drug-likeness (QED) is 0.767. The van der Waals surface area contributed by atoms with E-state index in [4.69, 9.17) is 0 Å². The molecular formula is C22H25N3O. The standard InChI is InChI=1S/C22H25N3O/c1-24(2)20-9-5-17(6-10-20)22(26,19-13-15-23-16-14-19)18-7-11-21(12-8-18)25(3)4/h5-16,26H,1-4H3. The van der Waals surface area contributed by atoms with Crippen LogP contribution in [0.3, 0.4) is 0 Å². The summed E-state index contributed by atoms with van der Waals surface area (Å²) in [6.07, 6.45) is 3.42. The van der Waals surface area contributed by atoms with Crippen molar-refractivity contribution in [2.45, 2.75) is 5.60 Å². The van der Waals surface area contributed by atoms with Crippen LogP contribution < -0.4 is 9.80 Å². The monoisotopic (exact) mass is 347 g/mol. The molecule has 1 heterocycles. The molecule has 3 rings (SSSR count). The molecule has 2 aromatic carbocycles. The number of nitrogens with zero attached hydrogens (tertiary/aromatic N) is 3. The van der Waals surface area contributed by atoms with E-state index in [1.165, 1.54) is 0 Å². The Hall–Kier alpha value is -2.85. The highest BCUT2D eigenvalue weighted by Crippen LogP contribution is 2.37. The highest BCUT2D eigenvalue weighted by molar-refractivity contribution is 5.55. The smallest absolute Gasteiger partial charge is 0.140 e. The predicted octanol–water partition coefficient (Wildman–Crippen LogP) is 3.50. The van der Waals surface area contributed by atoms with Crippen molar-refractivity contribution >= 4 is 11.4 Å². The average Bonchev–Trinajstić information content (AvgIpc) is 2.68. The summed E-state index contributed by atoms with van der Waals surface area (Å²) in [5.74, 6) is 0. The molecule has 134 valence electrons. The fourth-order valence-corrected chi connectivity index (χ4v) is 3.09. The second-order valence-electron chi connectivity index (χ2n) is 6.83. The minimum atomic E-state index is -1.24. The molecule has 0 aliphatic rings. The Bertz CT molecular complexity index is 789. The van der Waals surface area contributed by atoms with Crippen LogP contribution in [-0.4, -0.2) is 38.3 Å². The molecular weight excluding hydrogens is 322 g/mol. The van der Waals surface area contributed by atoms with Crippen LogP contribution in [0.4, 0.5) is 11.4 Å². The lowest BCUT2D eigenvalue weighted by atomic mass is 9.80. The van der Waals surface area contributed by atoms with E-state index in [0.717, 1.165) is 28.1 Å². The molecule has 0 amide bonds. The molecule has 0 aliphatic carbocycles. The van der Waals surface area contributed by atoms with E-state index in [1.54, 1.807) is 12.4 Å². The normalized spacial score (nSPS) is 11.3. The molecule has 0 atom stereocenters. The van der Waals surface area contributed by atoms with Crippen LogP contribution in [0, 0.1) is 0 Å². The number of benzene rings is 2. The van der Waals surface area contributed by atoms with Crippen molar-refractivity contribution in [1.82, 2.24) is 4.98 Å². The highest BCUT2D eigenvalue weighted by atomic mass is 16.3. The molecule has 1 N–H and O–H groups in total. The lowest BCUT2D eigenvalue weighted by molar-refractivity contribution is 0.125. The van der Waals surface area contributed by atoms with Gasteiger partial charge in [-0.1, -0.05) is 24.3 Å². The minimum absolute atomic E-state index is 0.794. The topological polar surface area (TPSA) is 39.6 Å². The van der Waals surface area contributed by atoms with Gasteiger partial charge in [-0.3, -0.25) is 4.98 Å². The van der Waals surface area contributed by atoms with Gasteiger partial charge in [0.1, 0.15) is 5.60 Å². The number of hydrogen-bond donors (Lipinski definition) is 1. The van der Waals surface area contributed by atoms with Crippen molar-refractivity contribution in [2.75, 3.05) is 38.0 Å². The lowest BCUT2D eigenvalue weighted by Gasteiger charge is -2.31. The Morgan fingerprint density at radius 1 is 0.615 bits per heavy atom. The first-order chi connectivity index (χ1) is 12.4.